The molecule has 0 amide bonds. The van der Waals surface area contributed by atoms with Gasteiger partial charge in [-0.3, -0.25) is 0 Å². The molecule has 5 rings (SSSR count). The molecule has 0 atom stereocenters. The maximum atomic E-state index is 6.17. The Morgan fingerprint density at radius 1 is 0.595 bits per heavy atom. The van der Waals surface area contributed by atoms with Crippen LogP contribution in [0.1, 0.15) is 71.1 Å². The first-order valence-corrected chi connectivity index (χ1v) is 13.7. The quantitative estimate of drug-likeness (QED) is 0.143. The summed E-state index contributed by atoms with van der Waals surface area (Å²) in [4.78, 5) is 14.0. The fraction of sp³-hybridized carbons (Fsp3) is 0.387. The average molecular weight is 498 g/mol. The van der Waals surface area contributed by atoms with Gasteiger partial charge in [0.25, 0.3) is 0 Å². The van der Waals surface area contributed by atoms with E-state index in [9.17, 15) is 0 Å². The maximum Gasteiger partial charge on any atom is 0.246 e. The molecule has 0 saturated carbocycles. The zero-order valence-corrected chi connectivity index (χ0v) is 21.6. The van der Waals surface area contributed by atoms with Crippen molar-refractivity contribution >= 4 is 22.2 Å². The number of para-hydroxylation sites is 4. The zero-order valence-electron chi connectivity index (χ0n) is 21.6. The monoisotopic (exact) mass is 497 g/mol. The van der Waals surface area contributed by atoms with Crippen LogP contribution in [0.25, 0.3) is 45.4 Å². The highest BCUT2D eigenvalue weighted by atomic mass is 16.5. The molecular weight excluding hydrogens is 462 g/mol. The molecule has 0 saturated heterocycles. The number of fused-ring (bicyclic) bond motifs is 2. The van der Waals surface area contributed by atoms with Crippen LogP contribution in [0.15, 0.2) is 69.5 Å². The molecule has 5 aromatic rings. The molecule has 6 heteroatoms. The fourth-order valence-electron chi connectivity index (χ4n) is 4.55. The Labute approximate surface area is 218 Å². The first-order chi connectivity index (χ1) is 18.3. The molecule has 2 aromatic carbocycles. The Morgan fingerprint density at radius 3 is 1.59 bits per heavy atom. The van der Waals surface area contributed by atoms with Crippen molar-refractivity contribution in [1.29, 1.82) is 0 Å². The van der Waals surface area contributed by atoms with Crippen molar-refractivity contribution in [1.82, 2.24) is 15.0 Å². The number of ether oxygens (including phenoxy) is 1. The van der Waals surface area contributed by atoms with E-state index in [1.807, 2.05) is 60.7 Å². The van der Waals surface area contributed by atoms with Gasteiger partial charge >= 0.3 is 0 Å². The largest absolute Gasteiger partial charge is 0.493 e. The zero-order chi connectivity index (χ0) is 25.3. The summed E-state index contributed by atoms with van der Waals surface area (Å²) in [7, 11) is 0. The second-order valence-electron chi connectivity index (χ2n) is 9.58. The van der Waals surface area contributed by atoms with Gasteiger partial charge in [-0.25, -0.2) is 15.0 Å². The van der Waals surface area contributed by atoms with Gasteiger partial charge < -0.3 is 13.6 Å². The average Bonchev–Trinajstić information content (AvgIpc) is 3.56. The highest BCUT2D eigenvalue weighted by Gasteiger charge is 2.16. The molecule has 6 nitrogen and oxygen atoms in total. The Hall–Kier alpha value is -3.67. The molecule has 0 N–H and O–H groups in total. The van der Waals surface area contributed by atoms with Gasteiger partial charge in [-0.15, -0.1) is 0 Å². The van der Waals surface area contributed by atoms with Gasteiger partial charge in [-0.2, -0.15) is 0 Å². The van der Waals surface area contributed by atoms with Gasteiger partial charge in [0.05, 0.1) is 6.61 Å². The summed E-state index contributed by atoms with van der Waals surface area (Å²) >= 11 is 0. The number of oxazole rings is 2. The van der Waals surface area contributed by atoms with Crippen LogP contribution in [0.3, 0.4) is 0 Å². The van der Waals surface area contributed by atoms with Gasteiger partial charge in [0.2, 0.25) is 11.8 Å². The first kappa shape index (κ1) is 25.0. The van der Waals surface area contributed by atoms with Crippen LogP contribution in [-0.4, -0.2) is 21.6 Å². The maximum absolute atomic E-state index is 6.17. The second kappa shape index (κ2) is 12.5. The van der Waals surface area contributed by atoms with Gasteiger partial charge in [0.1, 0.15) is 28.2 Å². The molecule has 37 heavy (non-hydrogen) atoms. The summed E-state index contributed by atoms with van der Waals surface area (Å²) in [5, 5.41) is 0. The Balaban J connectivity index is 1.25. The van der Waals surface area contributed by atoms with E-state index in [2.05, 4.69) is 16.9 Å². The van der Waals surface area contributed by atoms with Crippen LogP contribution in [0.5, 0.6) is 5.75 Å². The standard InChI is InChI=1S/C31H35N3O3/c1-2-3-4-5-6-7-8-9-10-15-20-35-23-21-26(30-33-24-16-11-13-18-28(24)36-30)32-27(22-23)31-34-25-17-12-14-19-29(25)37-31/h11-14,16-19,21-22H,2-10,15,20H2,1H3. The van der Waals surface area contributed by atoms with Crippen molar-refractivity contribution in [2.75, 3.05) is 6.61 Å². The lowest BCUT2D eigenvalue weighted by atomic mass is 10.1. The third-order valence-corrected chi connectivity index (χ3v) is 6.59. The van der Waals surface area contributed by atoms with Crippen molar-refractivity contribution in [2.45, 2.75) is 71.1 Å². The minimum absolute atomic E-state index is 0.447. The summed E-state index contributed by atoms with van der Waals surface area (Å²) in [6, 6.07) is 19.2. The van der Waals surface area contributed by atoms with E-state index in [0.29, 0.717) is 35.5 Å². The molecule has 0 spiro atoms. The van der Waals surface area contributed by atoms with Crippen LogP contribution >= 0.6 is 0 Å². The SMILES string of the molecule is CCCCCCCCCCCCOc1cc(-c2nc3ccccc3o2)nc(-c2nc3ccccc3o2)c1. The smallest absolute Gasteiger partial charge is 0.246 e. The van der Waals surface area contributed by atoms with E-state index in [1.165, 1.54) is 57.8 Å². The van der Waals surface area contributed by atoms with Crippen molar-refractivity contribution in [3.8, 4) is 28.9 Å². The van der Waals surface area contributed by atoms with Crippen molar-refractivity contribution < 1.29 is 13.6 Å². The molecular formula is C31H35N3O3. The molecule has 0 fully saturated rings. The van der Waals surface area contributed by atoms with E-state index in [0.717, 1.165) is 28.6 Å². The van der Waals surface area contributed by atoms with Crippen LogP contribution < -0.4 is 4.74 Å². The molecule has 0 bridgehead atoms. The Morgan fingerprint density at radius 2 is 1.08 bits per heavy atom. The molecule has 0 radical (unpaired) electrons. The number of pyridine rings is 1. The number of hydrogen-bond acceptors (Lipinski definition) is 6. The molecule has 0 aliphatic carbocycles. The van der Waals surface area contributed by atoms with Crippen LogP contribution in [0.4, 0.5) is 0 Å². The van der Waals surface area contributed by atoms with Crippen molar-refractivity contribution in [2.24, 2.45) is 0 Å². The van der Waals surface area contributed by atoms with Gasteiger partial charge in [0.15, 0.2) is 11.2 Å². The lowest BCUT2D eigenvalue weighted by Gasteiger charge is -2.09. The highest BCUT2D eigenvalue weighted by Crippen LogP contribution is 2.31. The lowest BCUT2D eigenvalue weighted by molar-refractivity contribution is 0.304. The number of unbranched alkanes of at least 4 members (excludes halogenated alkanes) is 9. The van der Waals surface area contributed by atoms with E-state index in [1.54, 1.807) is 0 Å². The van der Waals surface area contributed by atoms with Crippen molar-refractivity contribution in [3.63, 3.8) is 0 Å². The number of aromatic nitrogens is 3. The number of nitrogens with zero attached hydrogens (tertiary/aromatic N) is 3. The van der Waals surface area contributed by atoms with E-state index in [4.69, 9.17) is 18.6 Å². The molecule has 3 heterocycles. The summed E-state index contributed by atoms with van der Waals surface area (Å²) in [6.45, 7) is 2.92. The summed E-state index contributed by atoms with van der Waals surface area (Å²) in [6.07, 6.45) is 12.9. The molecule has 0 aliphatic rings. The third kappa shape index (κ3) is 6.56. The predicted molar refractivity (Wildman–Crippen MR) is 148 cm³/mol. The van der Waals surface area contributed by atoms with E-state index >= 15 is 0 Å². The highest BCUT2D eigenvalue weighted by molar-refractivity contribution is 5.77. The normalized spacial score (nSPS) is 11.5. The van der Waals surface area contributed by atoms with Crippen molar-refractivity contribution in [3.05, 3.63) is 60.7 Å². The first-order valence-electron chi connectivity index (χ1n) is 13.7. The molecule has 0 aliphatic heterocycles. The Kier molecular flexibility index (Phi) is 8.46. The van der Waals surface area contributed by atoms with E-state index in [-0.39, 0.29) is 0 Å². The van der Waals surface area contributed by atoms with Crippen LogP contribution in [0, 0.1) is 0 Å². The van der Waals surface area contributed by atoms with Gasteiger partial charge in [0, 0.05) is 12.1 Å². The minimum atomic E-state index is 0.447. The number of benzene rings is 2. The van der Waals surface area contributed by atoms with Crippen LogP contribution in [0.2, 0.25) is 0 Å². The lowest BCUT2D eigenvalue weighted by Crippen LogP contribution is -1.99. The second-order valence-corrected chi connectivity index (χ2v) is 9.58. The predicted octanol–water partition coefficient (Wildman–Crippen LogP) is 9.00. The summed E-state index contributed by atoms with van der Waals surface area (Å²) in [5.74, 6) is 1.60. The van der Waals surface area contributed by atoms with Gasteiger partial charge in [-0.05, 0) is 30.7 Å². The van der Waals surface area contributed by atoms with E-state index < -0.39 is 0 Å². The number of rotatable bonds is 14. The molecule has 0 unspecified atom stereocenters. The topological polar surface area (TPSA) is 74.2 Å². The Bertz CT molecular complexity index is 1260. The number of hydrogen-bond donors (Lipinski definition) is 0. The minimum Gasteiger partial charge on any atom is -0.493 e. The van der Waals surface area contributed by atoms with Crippen LogP contribution in [-0.2, 0) is 0 Å². The fourth-order valence-corrected chi connectivity index (χ4v) is 4.55. The summed E-state index contributed by atoms with van der Waals surface area (Å²) < 4.78 is 18.2. The molecule has 192 valence electrons. The molecule has 3 aromatic heterocycles. The summed E-state index contributed by atoms with van der Waals surface area (Å²) in [5.41, 5.74) is 4.21. The third-order valence-electron chi connectivity index (χ3n) is 6.59. The van der Waals surface area contributed by atoms with Gasteiger partial charge in [-0.1, -0.05) is 89.0 Å².